The van der Waals surface area contributed by atoms with Gasteiger partial charge in [0.05, 0.1) is 12.1 Å². The molecule has 1 saturated carbocycles. The molecule has 2 aliphatic rings. The SMILES string of the molecule is CCN(CC)c1ccc([C@@H]2[C@H]3CCCC[C@@]3(O)CCN2CC(N)=O)cc1. The predicted octanol–water partition coefficient (Wildman–Crippen LogP) is 2.69. The van der Waals surface area contributed by atoms with Gasteiger partial charge in [-0.2, -0.15) is 0 Å². The van der Waals surface area contributed by atoms with Gasteiger partial charge in [-0.15, -0.1) is 0 Å². The summed E-state index contributed by atoms with van der Waals surface area (Å²) in [5, 5.41) is 11.2. The predicted molar refractivity (Wildman–Crippen MR) is 105 cm³/mol. The summed E-state index contributed by atoms with van der Waals surface area (Å²) in [4.78, 5) is 16.1. The number of nitrogens with zero attached hydrogens (tertiary/aromatic N) is 2. The summed E-state index contributed by atoms with van der Waals surface area (Å²) in [5.74, 6) is -0.125. The maximum absolute atomic E-state index is 11.6. The highest BCUT2D eigenvalue weighted by atomic mass is 16.3. The standard InChI is InChI=1S/C21H33N3O2/c1-3-23(4-2)17-10-8-16(9-11-17)20-18-7-5-6-12-21(18,26)13-14-24(20)15-19(22)25/h8-11,18,20,26H,3-7,12-15H2,1-2H3,(H2,22,25)/t18-,20-,21-/m1/s1. The molecule has 1 aliphatic heterocycles. The number of likely N-dealkylation sites (tertiary alicyclic amines) is 1. The van der Waals surface area contributed by atoms with E-state index in [0.717, 1.165) is 51.7 Å². The molecule has 26 heavy (non-hydrogen) atoms. The Morgan fingerprint density at radius 3 is 2.54 bits per heavy atom. The first-order valence-electron chi connectivity index (χ1n) is 10.1. The van der Waals surface area contributed by atoms with E-state index in [0.29, 0.717) is 0 Å². The second-order valence-corrected chi connectivity index (χ2v) is 7.85. The Hall–Kier alpha value is -1.59. The first kappa shape index (κ1) is 19.2. The van der Waals surface area contributed by atoms with Gasteiger partial charge in [-0.1, -0.05) is 25.0 Å². The molecule has 0 radical (unpaired) electrons. The summed E-state index contributed by atoms with van der Waals surface area (Å²) >= 11 is 0. The average molecular weight is 360 g/mol. The number of carbonyl (C=O) groups excluding carboxylic acids is 1. The van der Waals surface area contributed by atoms with Crippen molar-refractivity contribution >= 4 is 11.6 Å². The maximum Gasteiger partial charge on any atom is 0.231 e. The smallest absolute Gasteiger partial charge is 0.231 e. The average Bonchev–Trinajstić information content (AvgIpc) is 2.63. The molecule has 2 fully saturated rings. The Balaban J connectivity index is 1.91. The summed E-state index contributed by atoms with van der Waals surface area (Å²) in [6.45, 7) is 7.27. The lowest BCUT2D eigenvalue weighted by Gasteiger charge is -2.52. The molecule has 0 aromatic heterocycles. The van der Waals surface area contributed by atoms with Crippen LogP contribution in [0.15, 0.2) is 24.3 Å². The van der Waals surface area contributed by atoms with Gasteiger partial charge in [0.2, 0.25) is 5.91 Å². The third-order valence-electron chi connectivity index (χ3n) is 6.39. The number of amides is 1. The van der Waals surface area contributed by atoms with E-state index >= 15 is 0 Å². The van der Waals surface area contributed by atoms with Crippen molar-refractivity contribution in [3.05, 3.63) is 29.8 Å². The van der Waals surface area contributed by atoms with Crippen molar-refractivity contribution in [2.24, 2.45) is 11.7 Å². The van der Waals surface area contributed by atoms with Crippen molar-refractivity contribution in [2.45, 2.75) is 57.6 Å². The third kappa shape index (κ3) is 3.74. The zero-order chi connectivity index (χ0) is 18.7. The maximum atomic E-state index is 11.6. The second kappa shape index (κ2) is 7.97. The number of rotatable bonds is 6. The summed E-state index contributed by atoms with van der Waals surface area (Å²) in [6, 6.07) is 8.74. The molecule has 1 saturated heterocycles. The van der Waals surface area contributed by atoms with Crippen LogP contribution in [0.25, 0.3) is 0 Å². The van der Waals surface area contributed by atoms with Gasteiger partial charge in [-0.3, -0.25) is 9.69 Å². The van der Waals surface area contributed by atoms with Crippen LogP contribution in [0.3, 0.4) is 0 Å². The Bertz CT molecular complexity index is 614. The van der Waals surface area contributed by atoms with Crippen molar-refractivity contribution in [2.75, 3.05) is 31.1 Å². The monoisotopic (exact) mass is 359 g/mol. The quantitative estimate of drug-likeness (QED) is 0.819. The summed E-state index contributed by atoms with van der Waals surface area (Å²) in [5.41, 5.74) is 7.32. The zero-order valence-electron chi connectivity index (χ0n) is 16.2. The largest absolute Gasteiger partial charge is 0.389 e. The van der Waals surface area contributed by atoms with E-state index in [1.807, 2.05) is 0 Å². The highest BCUT2D eigenvalue weighted by Gasteiger charge is 2.49. The van der Waals surface area contributed by atoms with E-state index in [9.17, 15) is 9.90 Å². The van der Waals surface area contributed by atoms with Gasteiger partial charge in [0, 0.05) is 37.3 Å². The highest BCUT2D eigenvalue weighted by molar-refractivity contribution is 5.76. The van der Waals surface area contributed by atoms with Crippen molar-refractivity contribution in [3.8, 4) is 0 Å². The van der Waals surface area contributed by atoms with Gasteiger partial charge < -0.3 is 15.7 Å². The van der Waals surface area contributed by atoms with Gasteiger partial charge in [0.15, 0.2) is 0 Å². The Kier molecular flexibility index (Phi) is 5.88. The second-order valence-electron chi connectivity index (χ2n) is 7.85. The number of piperidine rings is 1. The van der Waals surface area contributed by atoms with Crippen LogP contribution < -0.4 is 10.6 Å². The number of aliphatic hydroxyl groups is 1. The van der Waals surface area contributed by atoms with Crippen LogP contribution in [0.5, 0.6) is 0 Å². The van der Waals surface area contributed by atoms with Crippen molar-refractivity contribution in [1.29, 1.82) is 0 Å². The van der Waals surface area contributed by atoms with E-state index in [2.05, 4.69) is 47.9 Å². The molecule has 3 atom stereocenters. The molecular formula is C21H33N3O2. The number of hydrogen-bond acceptors (Lipinski definition) is 4. The molecule has 1 aliphatic carbocycles. The molecule has 1 aromatic carbocycles. The minimum absolute atomic E-state index is 0.0623. The number of hydrogen-bond donors (Lipinski definition) is 2. The summed E-state index contributed by atoms with van der Waals surface area (Å²) in [7, 11) is 0. The summed E-state index contributed by atoms with van der Waals surface area (Å²) < 4.78 is 0. The minimum atomic E-state index is -0.603. The third-order valence-corrected chi connectivity index (χ3v) is 6.39. The first-order chi connectivity index (χ1) is 12.5. The fourth-order valence-corrected chi connectivity index (χ4v) is 5.03. The minimum Gasteiger partial charge on any atom is -0.389 e. The number of carbonyl (C=O) groups is 1. The van der Waals surface area contributed by atoms with Crippen LogP contribution in [0.4, 0.5) is 5.69 Å². The van der Waals surface area contributed by atoms with Crippen molar-refractivity contribution in [3.63, 3.8) is 0 Å². The van der Waals surface area contributed by atoms with Gasteiger partial charge in [-0.25, -0.2) is 0 Å². The van der Waals surface area contributed by atoms with E-state index in [4.69, 9.17) is 5.73 Å². The Morgan fingerprint density at radius 1 is 1.23 bits per heavy atom. The lowest BCUT2D eigenvalue weighted by molar-refractivity contribution is -0.136. The number of nitrogens with two attached hydrogens (primary N) is 1. The van der Waals surface area contributed by atoms with Gasteiger partial charge >= 0.3 is 0 Å². The van der Waals surface area contributed by atoms with Gasteiger partial charge in [0.1, 0.15) is 0 Å². The van der Waals surface area contributed by atoms with E-state index < -0.39 is 5.60 Å². The lowest BCUT2D eigenvalue weighted by Crippen LogP contribution is -2.56. The number of benzene rings is 1. The van der Waals surface area contributed by atoms with E-state index in [1.165, 1.54) is 11.3 Å². The first-order valence-corrected chi connectivity index (χ1v) is 10.1. The molecule has 3 rings (SSSR count). The molecule has 1 amide bonds. The van der Waals surface area contributed by atoms with Crippen LogP contribution in [-0.4, -0.2) is 47.7 Å². The van der Waals surface area contributed by atoms with Crippen molar-refractivity contribution in [1.82, 2.24) is 4.90 Å². The van der Waals surface area contributed by atoms with Crippen LogP contribution in [-0.2, 0) is 4.79 Å². The van der Waals surface area contributed by atoms with Gasteiger partial charge in [0.25, 0.3) is 0 Å². The molecule has 144 valence electrons. The Morgan fingerprint density at radius 2 is 1.92 bits per heavy atom. The molecule has 0 spiro atoms. The summed E-state index contributed by atoms with van der Waals surface area (Å²) in [6.07, 6.45) is 4.85. The van der Waals surface area contributed by atoms with Crippen LogP contribution in [0, 0.1) is 5.92 Å². The van der Waals surface area contributed by atoms with Gasteiger partial charge in [-0.05, 0) is 50.8 Å². The van der Waals surface area contributed by atoms with Crippen LogP contribution >= 0.6 is 0 Å². The number of fused-ring (bicyclic) bond motifs is 1. The lowest BCUT2D eigenvalue weighted by atomic mass is 9.66. The normalized spacial score (nSPS) is 29.2. The molecule has 1 heterocycles. The van der Waals surface area contributed by atoms with Crippen LogP contribution in [0.2, 0.25) is 0 Å². The van der Waals surface area contributed by atoms with E-state index in [-0.39, 0.29) is 24.4 Å². The molecule has 0 unspecified atom stereocenters. The highest BCUT2D eigenvalue weighted by Crippen LogP contribution is 2.49. The fourth-order valence-electron chi connectivity index (χ4n) is 5.03. The molecule has 0 bridgehead atoms. The molecule has 3 N–H and O–H groups in total. The fraction of sp³-hybridized carbons (Fsp3) is 0.667. The molecule has 5 heteroatoms. The number of anilines is 1. The molecule has 1 aromatic rings. The zero-order valence-corrected chi connectivity index (χ0v) is 16.2. The molecule has 5 nitrogen and oxygen atoms in total. The topological polar surface area (TPSA) is 69.8 Å². The number of primary amides is 1. The van der Waals surface area contributed by atoms with Crippen LogP contribution in [0.1, 0.15) is 57.6 Å². The Labute approximate surface area is 157 Å². The van der Waals surface area contributed by atoms with Crippen molar-refractivity contribution < 1.29 is 9.90 Å². The van der Waals surface area contributed by atoms with E-state index in [1.54, 1.807) is 0 Å². The molecular weight excluding hydrogens is 326 g/mol.